The van der Waals surface area contributed by atoms with Crippen LogP contribution >= 0.6 is 15.9 Å². The van der Waals surface area contributed by atoms with Crippen LogP contribution < -0.4 is 5.32 Å². The van der Waals surface area contributed by atoms with Gasteiger partial charge in [-0.2, -0.15) is 0 Å². The summed E-state index contributed by atoms with van der Waals surface area (Å²) in [6.07, 6.45) is 2.95. The quantitative estimate of drug-likeness (QED) is 0.814. The lowest BCUT2D eigenvalue weighted by Crippen LogP contribution is -2.46. The molecule has 0 aliphatic rings. The molecule has 0 spiro atoms. The van der Waals surface area contributed by atoms with E-state index in [0.29, 0.717) is 4.47 Å². The maximum Gasteiger partial charge on any atom is 0.328 e. The van der Waals surface area contributed by atoms with Crippen LogP contribution in [0.5, 0.6) is 0 Å². The third-order valence-corrected chi connectivity index (χ3v) is 3.71. The van der Waals surface area contributed by atoms with E-state index in [1.165, 1.54) is 13.4 Å². The van der Waals surface area contributed by atoms with Crippen molar-refractivity contribution in [3.8, 4) is 0 Å². The van der Waals surface area contributed by atoms with Crippen LogP contribution in [-0.4, -0.2) is 25.0 Å². The van der Waals surface area contributed by atoms with Gasteiger partial charge in [-0.15, -0.1) is 0 Å². The second kappa shape index (κ2) is 7.33. The highest BCUT2D eigenvalue weighted by Gasteiger charge is 2.30. The van der Waals surface area contributed by atoms with E-state index >= 15 is 0 Å². The normalized spacial score (nSPS) is 12.3. The van der Waals surface area contributed by atoms with Gasteiger partial charge in [0.05, 0.1) is 17.8 Å². The second-order valence-corrected chi connectivity index (χ2v) is 5.00. The summed E-state index contributed by atoms with van der Waals surface area (Å²) in [6.45, 7) is 3.94. The fourth-order valence-electron chi connectivity index (χ4n) is 1.92. The van der Waals surface area contributed by atoms with E-state index in [4.69, 9.17) is 9.15 Å². The zero-order valence-corrected chi connectivity index (χ0v) is 12.8. The predicted octanol–water partition coefficient (Wildman–Crippen LogP) is 2.75. The number of hydrogen-bond acceptors (Lipinski definition) is 4. The summed E-state index contributed by atoms with van der Waals surface area (Å²) >= 11 is 3.21. The van der Waals surface area contributed by atoms with E-state index < -0.39 is 17.9 Å². The van der Waals surface area contributed by atoms with Crippen LogP contribution in [0.3, 0.4) is 0 Å². The first-order chi connectivity index (χ1) is 9.04. The maximum absolute atomic E-state index is 12.1. The van der Waals surface area contributed by atoms with Crippen molar-refractivity contribution >= 4 is 27.8 Å². The Morgan fingerprint density at radius 2 is 2.05 bits per heavy atom. The summed E-state index contributed by atoms with van der Waals surface area (Å²) in [5.41, 5.74) is 0. The van der Waals surface area contributed by atoms with Gasteiger partial charge < -0.3 is 14.5 Å². The summed E-state index contributed by atoms with van der Waals surface area (Å²) in [5.74, 6) is -0.686. The summed E-state index contributed by atoms with van der Waals surface area (Å²) < 4.78 is 10.4. The number of amides is 1. The third kappa shape index (κ3) is 3.83. The van der Waals surface area contributed by atoms with Crippen molar-refractivity contribution in [3.63, 3.8) is 0 Å². The van der Waals surface area contributed by atoms with E-state index in [9.17, 15) is 9.59 Å². The molecule has 19 heavy (non-hydrogen) atoms. The Labute approximate surface area is 120 Å². The van der Waals surface area contributed by atoms with Gasteiger partial charge in [-0.25, -0.2) is 4.79 Å². The van der Waals surface area contributed by atoms with Crippen molar-refractivity contribution in [2.24, 2.45) is 5.92 Å². The number of nitrogens with one attached hydrogen (secondary N) is 1. The Bertz CT molecular complexity index is 440. The molecule has 106 valence electrons. The predicted molar refractivity (Wildman–Crippen MR) is 73.8 cm³/mol. The largest absolute Gasteiger partial charge is 0.467 e. The van der Waals surface area contributed by atoms with E-state index in [2.05, 4.69) is 21.2 Å². The minimum atomic E-state index is -0.663. The minimum Gasteiger partial charge on any atom is -0.467 e. The van der Waals surface area contributed by atoms with Crippen molar-refractivity contribution in [1.29, 1.82) is 0 Å². The van der Waals surface area contributed by atoms with E-state index in [-0.39, 0.29) is 11.7 Å². The summed E-state index contributed by atoms with van der Waals surface area (Å²) in [5, 5.41) is 2.68. The Kier molecular flexibility index (Phi) is 6.08. The van der Waals surface area contributed by atoms with Crippen LogP contribution in [0, 0.1) is 5.92 Å². The zero-order valence-electron chi connectivity index (χ0n) is 11.2. The lowest BCUT2D eigenvalue weighted by Gasteiger charge is -2.23. The van der Waals surface area contributed by atoms with Gasteiger partial charge in [-0.3, -0.25) is 4.79 Å². The average Bonchev–Trinajstić information content (AvgIpc) is 2.84. The molecule has 0 aliphatic carbocycles. The molecule has 1 amide bonds. The van der Waals surface area contributed by atoms with Crippen LogP contribution in [0.25, 0.3) is 0 Å². The molecular formula is C13H18BrNO4. The van der Waals surface area contributed by atoms with Gasteiger partial charge in [-0.05, 0) is 27.9 Å². The number of rotatable bonds is 6. The fourth-order valence-corrected chi connectivity index (χ4v) is 2.30. The molecule has 0 saturated carbocycles. The highest BCUT2D eigenvalue weighted by molar-refractivity contribution is 9.10. The van der Waals surface area contributed by atoms with Crippen molar-refractivity contribution < 1.29 is 18.7 Å². The van der Waals surface area contributed by atoms with E-state index in [0.717, 1.165) is 12.8 Å². The van der Waals surface area contributed by atoms with Crippen LogP contribution in [0.1, 0.15) is 37.2 Å². The number of furan rings is 1. The summed E-state index contributed by atoms with van der Waals surface area (Å²) in [4.78, 5) is 23.8. The number of carbonyl (C=O) groups excluding carboxylic acids is 2. The van der Waals surface area contributed by atoms with Crippen molar-refractivity contribution in [2.75, 3.05) is 7.11 Å². The topological polar surface area (TPSA) is 68.5 Å². The first kappa shape index (κ1) is 15.8. The molecule has 1 atom stereocenters. The molecule has 1 N–H and O–H groups in total. The molecular weight excluding hydrogens is 314 g/mol. The van der Waals surface area contributed by atoms with Crippen LogP contribution in [0.15, 0.2) is 21.2 Å². The highest BCUT2D eigenvalue weighted by atomic mass is 79.9. The monoisotopic (exact) mass is 331 g/mol. The Morgan fingerprint density at radius 3 is 2.47 bits per heavy atom. The van der Waals surface area contributed by atoms with Gasteiger partial charge in [-0.1, -0.05) is 26.7 Å². The molecule has 0 fully saturated rings. The molecule has 0 aromatic carbocycles. The molecule has 1 rings (SSSR count). The number of ether oxygens (including phenoxy) is 1. The number of carbonyl (C=O) groups is 2. The number of hydrogen-bond donors (Lipinski definition) is 1. The first-order valence-electron chi connectivity index (χ1n) is 6.16. The summed E-state index contributed by atoms with van der Waals surface area (Å²) in [7, 11) is 1.31. The number of methoxy groups -OCH3 is 1. The molecule has 5 nitrogen and oxygen atoms in total. The average molecular weight is 332 g/mol. The number of halogens is 1. The zero-order chi connectivity index (χ0) is 14.4. The fraction of sp³-hybridized carbons (Fsp3) is 0.538. The van der Waals surface area contributed by atoms with Crippen molar-refractivity contribution in [2.45, 2.75) is 32.7 Å². The van der Waals surface area contributed by atoms with Crippen LogP contribution in [0.2, 0.25) is 0 Å². The minimum absolute atomic E-state index is 0.0325. The van der Waals surface area contributed by atoms with Crippen LogP contribution in [0.4, 0.5) is 0 Å². The van der Waals surface area contributed by atoms with Gasteiger partial charge >= 0.3 is 5.97 Å². The van der Waals surface area contributed by atoms with Gasteiger partial charge in [0, 0.05) is 0 Å². The smallest absolute Gasteiger partial charge is 0.328 e. The molecule has 6 heteroatoms. The molecule has 1 aromatic rings. The Hall–Kier alpha value is -1.30. The van der Waals surface area contributed by atoms with Gasteiger partial charge in [0.15, 0.2) is 0 Å². The van der Waals surface area contributed by atoms with Crippen molar-refractivity contribution in [1.82, 2.24) is 5.32 Å². The standard InChI is InChI=1S/C13H18BrNO4/c1-4-8(5-2)10(13(17)18-3)15-12(16)11-9(14)6-7-19-11/h6-8,10H,4-5H2,1-3H3,(H,15,16)/t10-/m1/s1. The van der Waals surface area contributed by atoms with E-state index in [1.54, 1.807) is 6.07 Å². The molecule has 0 unspecified atom stereocenters. The molecule has 0 aliphatic heterocycles. The molecule has 1 aromatic heterocycles. The Balaban J connectivity index is 2.86. The molecule has 0 radical (unpaired) electrons. The van der Waals surface area contributed by atoms with Gasteiger partial charge in [0.25, 0.3) is 5.91 Å². The lowest BCUT2D eigenvalue weighted by atomic mass is 9.94. The van der Waals surface area contributed by atoms with Crippen LogP contribution in [-0.2, 0) is 9.53 Å². The first-order valence-corrected chi connectivity index (χ1v) is 6.96. The second-order valence-electron chi connectivity index (χ2n) is 4.15. The summed E-state index contributed by atoms with van der Waals surface area (Å²) in [6, 6.07) is 0.962. The maximum atomic E-state index is 12.1. The lowest BCUT2D eigenvalue weighted by molar-refractivity contribution is -0.144. The molecule has 1 heterocycles. The number of esters is 1. The SMILES string of the molecule is CCC(CC)[C@@H](NC(=O)c1occc1Br)C(=O)OC. The molecule has 0 saturated heterocycles. The van der Waals surface area contributed by atoms with Gasteiger partial charge in [0.2, 0.25) is 5.76 Å². The molecule has 0 bridgehead atoms. The third-order valence-electron chi connectivity index (χ3n) is 3.09. The van der Waals surface area contributed by atoms with Crippen molar-refractivity contribution in [3.05, 3.63) is 22.6 Å². The van der Waals surface area contributed by atoms with Gasteiger partial charge in [0.1, 0.15) is 6.04 Å². The van der Waals surface area contributed by atoms with E-state index in [1.807, 2.05) is 13.8 Å². The highest BCUT2D eigenvalue weighted by Crippen LogP contribution is 2.19. The Morgan fingerprint density at radius 1 is 1.42 bits per heavy atom.